The molecule has 188 valence electrons. The predicted molar refractivity (Wildman–Crippen MR) is 137 cm³/mol. The van der Waals surface area contributed by atoms with Crippen molar-refractivity contribution in [3.05, 3.63) is 82.1 Å². The van der Waals surface area contributed by atoms with Crippen molar-refractivity contribution in [2.24, 2.45) is 0 Å². The lowest BCUT2D eigenvalue weighted by atomic mass is 10.0. The molecule has 0 saturated heterocycles. The maximum absolute atomic E-state index is 13.0. The van der Waals surface area contributed by atoms with E-state index in [1.165, 1.54) is 7.11 Å². The SMILES string of the molecule is COCOCc1cc(OCc2ccccc2)c(OC)cc1-c1cc2cc(OC)c(OC)cc2c(=O)[nH]1. The average molecular weight is 492 g/mol. The fourth-order valence-corrected chi connectivity index (χ4v) is 3.95. The number of H-pyrrole nitrogens is 1. The van der Waals surface area contributed by atoms with Crippen molar-refractivity contribution in [1.82, 2.24) is 4.98 Å². The third kappa shape index (κ3) is 5.45. The lowest BCUT2D eigenvalue weighted by Gasteiger charge is -2.17. The normalized spacial score (nSPS) is 10.9. The number of rotatable bonds is 11. The molecule has 1 heterocycles. The summed E-state index contributed by atoms with van der Waals surface area (Å²) in [5.41, 5.74) is 2.92. The van der Waals surface area contributed by atoms with Gasteiger partial charge in [-0.1, -0.05) is 30.3 Å². The summed E-state index contributed by atoms with van der Waals surface area (Å²) in [6.45, 7) is 0.737. The fraction of sp³-hybridized carbons (Fsp3) is 0.250. The summed E-state index contributed by atoms with van der Waals surface area (Å²) in [5.74, 6) is 2.12. The molecule has 1 aromatic heterocycles. The van der Waals surface area contributed by atoms with Gasteiger partial charge in [0.05, 0.1) is 33.3 Å². The Hall–Kier alpha value is -4.01. The summed E-state index contributed by atoms with van der Waals surface area (Å²) < 4.78 is 33.2. The Bertz CT molecular complexity index is 1380. The Morgan fingerprint density at radius 1 is 0.750 bits per heavy atom. The van der Waals surface area contributed by atoms with Crippen molar-refractivity contribution in [3.8, 4) is 34.3 Å². The highest BCUT2D eigenvalue weighted by Gasteiger charge is 2.17. The maximum atomic E-state index is 13.0. The summed E-state index contributed by atoms with van der Waals surface area (Å²) in [5, 5.41) is 1.20. The molecule has 0 saturated carbocycles. The van der Waals surface area contributed by atoms with Gasteiger partial charge in [0.2, 0.25) is 0 Å². The standard InChI is InChI=1S/C28H29NO7/c1-31-17-35-16-20-12-27(36-15-18-8-6-5-7-9-18)26(34-4)13-21(20)23-10-19-11-24(32-2)25(33-3)14-22(19)28(30)29-23/h5-14H,15-17H2,1-4H3,(H,29,30). The molecule has 0 aliphatic carbocycles. The van der Waals surface area contributed by atoms with Gasteiger partial charge in [0.15, 0.2) is 23.0 Å². The molecule has 0 fully saturated rings. The summed E-state index contributed by atoms with van der Waals surface area (Å²) >= 11 is 0. The highest BCUT2D eigenvalue weighted by molar-refractivity contribution is 5.88. The minimum Gasteiger partial charge on any atom is -0.493 e. The quantitative estimate of drug-likeness (QED) is 0.235. The Balaban J connectivity index is 1.80. The van der Waals surface area contributed by atoms with Gasteiger partial charge in [-0.3, -0.25) is 4.79 Å². The molecule has 0 spiro atoms. The molecule has 1 N–H and O–H groups in total. The molecule has 0 amide bonds. The van der Waals surface area contributed by atoms with Gasteiger partial charge in [-0.05, 0) is 46.8 Å². The molecule has 4 rings (SSSR count). The molecule has 3 aromatic carbocycles. The van der Waals surface area contributed by atoms with Gasteiger partial charge in [-0.2, -0.15) is 0 Å². The van der Waals surface area contributed by atoms with Crippen LogP contribution in [0.1, 0.15) is 11.1 Å². The number of pyridine rings is 1. The van der Waals surface area contributed by atoms with Crippen LogP contribution in [-0.4, -0.2) is 40.2 Å². The second-order valence-corrected chi connectivity index (χ2v) is 8.00. The molecule has 36 heavy (non-hydrogen) atoms. The van der Waals surface area contributed by atoms with Gasteiger partial charge in [-0.15, -0.1) is 0 Å². The number of hydrogen-bond acceptors (Lipinski definition) is 7. The first-order valence-corrected chi connectivity index (χ1v) is 11.3. The molecular formula is C28H29NO7. The molecule has 4 aromatic rings. The zero-order valence-electron chi connectivity index (χ0n) is 20.8. The van der Waals surface area contributed by atoms with Gasteiger partial charge in [0, 0.05) is 18.4 Å². The maximum Gasteiger partial charge on any atom is 0.256 e. The van der Waals surface area contributed by atoms with Crippen LogP contribution < -0.4 is 24.5 Å². The van der Waals surface area contributed by atoms with E-state index in [1.807, 2.05) is 48.5 Å². The topological polar surface area (TPSA) is 88.2 Å². The lowest BCUT2D eigenvalue weighted by Crippen LogP contribution is -2.09. The minimum absolute atomic E-state index is 0.122. The number of nitrogens with one attached hydrogen (secondary N) is 1. The van der Waals surface area contributed by atoms with Gasteiger partial charge in [-0.25, -0.2) is 0 Å². The number of methoxy groups -OCH3 is 4. The third-order valence-corrected chi connectivity index (χ3v) is 5.72. The van der Waals surface area contributed by atoms with E-state index in [0.717, 1.165) is 16.7 Å². The number of fused-ring (bicyclic) bond motifs is 1. The first-order valence-electron chi connectivity index (χ1n) is 11.3. The lowest BCUT2D eigenvalue weighted by molar-refractivity contribution is -0.0389. The third-order valence-electron chi connectivity index (χ3n) is 5.72. The monoisotopic (exact) mass is 491 g/mol. The number of hydrogen-bond donors (Lipinski definition) is 1. The Kier molecular flexibility index (Phi) is 8.10. The highest BCUT2D eigenvalue weighted by Crippen LogP contribution is 2.38. The second kappa shape index (κ2) is 11.6. The van der Waals surface area contributed by atoms with Gasteiger partial charge < -0.3 is 33.4 Å². The molecule has 0 radical (unpaired) electrons. The fourth-order valence-electron chi connectivity index (χ4n) is 3.95. The number of aromatic nitrogens is 1. The van der Waals surface area contributed by atoms with Crippen LogP contribution in [0.15, 0.2) is 65.5 Å². The van der Waals surface area contributed by atoms with Crippen molar-refractivity contribution in [1.29, 1.82) is 0 Å². The minimum atomic E-state index is -0.254. The smallest absolute Gasteiger partial charge is 0.256 e. The first-order chi connectivity index (χ1) is 17.6. The Morgan fingerprint density at radius 3 is 2.14 bits per heavy atom. The Labute approximate surface area is 209 Å². The summed E-state index contributed by atoms with van der Waals surface area (Å²) in [4.78, 5) is 16.0. The number of ether oxygens (including phenoxy) is 6. The zero-order valence-corrected chi connectivity index (χ0v) is 20.8. The van der Waals surface area contributed by atoms with Crippen LogP contribution in [0.3, 0.4) is 0 Å². The molecule has 0 atom stereocenters. The average Bonchev–Trinajstić information content (AvgIpc) is 2.91. The van der Waals surface area contributed by atoms with Gasteiger partial charge in [0.1, 0.15) is 13.4 Å². The highest BCUT2D eigenvalue weighted by atomic mass is 16.7. The van der Waals surface area contributed by atoms with Crippen LogP contribution >= 0.6 is 0 Å². The largest absolute Gasteiger partial charge is 0.493 e. The second-order valence-electron chi connectivity index (χ2n) is 8.00. The van der Waals surface area contributed by atoms with Crippen LogP contribution in [0.4, 0.5) is 0 Å². The van der Waals surface area contributed by atoms with E-state index in [0.29, 0.717) is 46.1 Å². The van der Waals surface area contributed by atoms with E-state index in [9.17, 15) is 4.79 Å². The van der Waals surface area contributed by atoms with E-state index in [4.69, 9.17) is 28.4 Å². The van der Waals surface area contributed by atoms with Crippen molar-refractivity contribution >= 4 is 10.8 Å². The summed E-state index contributed by atoms with van der Waals surface area (Å²) in [7, 11) is 6.23. The van der Waals surface area contributed by atoms with E-state index in [1.54, 1.807) is 33.5 Å². The van der Waals surface area contributed by atoms with Crippen LogP contribution in [-0.2, 0) is 22.7 Å². The van der Waals surface area contributed by atoms with Crippen molar-refractivity contribution in [2.75, 3.05) is 35.2 Å². The van der Waals surface area contributed by atoms with E-state index in [2.05, 4.69) is 4.98 Å². The van der Waals surface area contributed by atoms with Gasteiger partial charge in [0.25, 0.3) is 5.56 Å². The number of aromatic amines is 1. The Morgan fingerprint density at radius 2 is 1.44 bits per heavy atom. The van der Waals surface area contributed by atoms with E-state index in [-0.39, 0.29) is 19.0 Å². The molecule has 8 heteroatoms. The van der Waals surface area contributed by atoms with E-state index >= 15 is 0 Å². The van der Waals surface area contributed by atoms with Crippen LogP contribution in [0.25, 0.3) is 22.0 Å². The predicted octanol–water partition coefficient (Wildman–Crippen LogP) is 4.92. The summed E-state index contributed by atoms with van der Waals surface area (Å²) in [6.07, 6.45) is 0. The van der Waals surface area contributed by atoms with Crippen LogP contribution in [0.2, 0.25) is 0 Å². The van der Waals surface area contributed by atoms with Crippen LogP contribution in [0.5, 0.6) is 23.0 Å². The first kappa shape index (κ1) is 25.1. The zero-order chi connectivity index (χ0) is 25.5. The molecule has 0 unspecified atom stereocenters. The van der Waals surface area contributed by atoms with Crippen LogP contribution in [0, 0.1) is 0 Å². The molecule has 0 aliphatic rings. The van der Waals surface area contributed by atoms with E-state index < -0.39 is 0 Å². The molecular weight excluding hydrogens is 462 g/mol. The van der Waals surface area contributed by atoms with Crippen molar-refractivity contribution in [3.63, 3.8) is 0 Å². The van der Waals surface area contributed by atoms with Crippen molar-refractivity contribution in [2.45, 2.75) is 13.2 Å². The molecule has 0 bridgehead atoms. The molecule has 0 aliphatic heterocycles. The molecule has 8 nitrogen and oxygen atoms in total. The summed E-state index contributed by atoms with van der Waals surface area (Å²) in [6, 6.07) is 18.9. The number of benzene rings is 3. The van der Waals surface area contributed by atoms with Crippen molar-refractivity contribution < 1.29 is 28.4 Å². The van der Waals surface area contributed by atoms with Gasteiger partial charge >= 0.3 is 0 Å².